The number of hydrogen-bond donors (Lipinski definition) is 1. The number of aromatic nitrogens is 3. The maximum absolute atomic E-state index is 12.4. The Morgan fingerprint density at radius 2 is 2.14 bits per heavy atom. The van der Waals surface area contributed by atoms with Crippen molar-refractivity contribution < 1.29 is 0 Å². The maximum atomic E-state index is 12.4. The van der Waals surface area contributed by atoms with Crippen LogP contribution in [-0.2, 0) is 0 Å². The number of nitrogens with zero attached hydrogens (tertiary/aromatic N) is 3. The zero-order valence-electron chi connectivity index (χ0n) is 12.3. The number of aryl methyl sites for hydroxylation is 1. The van der Waals surface area contributed by atoms with Crippen molar-refractivity contribution in [3.63, 3.8) is 0 Å². The lowest BCUT2D eigenvalue weighted by Crippen LogP contribution is -2.23. The van der Waals surface area contributed by atoms with Crippen LogP contribution in [-0.4, -0.2) is 14.5 Å². The van der Waals surface area contributed by atoms with Gasteiger partial charge in [-0.05, 0) is 55.0 Å². The minimum absolute atomic E-state index is 0.292. The second kappa shape index (κ2) is 4.66. The molecule has 1 saturated carbocycles. The summed E-state index contributed by atoms with van der Waals surface area (Å²) >= 11 is 0. The SMILES string of the molecule is Cc1cc(C2CC2)cc2c1c(N)nc(=O)n2-c1cccnc1. The van der Waals surface area contributed by atoms with Crippen LogP contribution in [0.5, 0.6) is 0 Å². The molecular weight excluding hydrogens is 276 g/mol. The Morgan fingerprint density at radius 1 is 1.32 bits per heavy atom. The molecule has 0 spiro atoms. The Morgan fingerprint density at radius 3 is 2.82 bits per heavy atom. The lowest BCUT2D eigenvalue weighted by molar-refractivity contribution is 0.951. The summed E-state index contributed by atoms with van der Waals surface area (Å²) in [4.78, 5) is 20.5. The first kappa shape index (κ1) is 13.0. The molecule has 0 radical (unpaired) electrons. The number of nitrogen functional groups attached to an aromatic ring is 1. The molecule has 5 nitrogen and oxygen atoms in total. The number of anilines is 1. The number of hydrogen-bond acceptors (Lipinski definition) is 4. The van der Waals surface area contributed by atoms with Crippen molar-refractivity contribution in [2.24, 2.45) is 0 Å². The van der Waals surface area contributed by atoms with Crippen LogP contribution < -0.4 is 11.4 Å². The fraction of sp³-hybridized carbons (Fsp3) is 0.235. The van der Waals surface area contributed by atoms with Gasteiger partial charge >= 0.3 is 5.69 Å². The number of nitrogens with two attached hydrogens (primary N) is 1. The fourth-order valence-electron chi connectivity index (χ4n) is 3.01. The summed E-state index contributed by atoms with van der Waals surface area (Å²) in [5.41, 5.74) is 9.48. The van der Waals surface area contributed by atoms with Crippen molar-refractivity contribution in [1.29, 1.82) is 0 Å². The molecular formula is C17H16N4O. The predicted molar refractivity (Wildman–Crippen MR) is 86.3 cm³/mol. The highest BCUT2D eigenvalue weighted by atomic mass is 16.1. The summed E-state index contributed by atoms with van der Waals surface area (Å²) in [6, 6.07) is 7.90. The van der Waals surface area contributed by atoms with Gasteiger partial charge in [-0.15, -0.1) is 0 Å². The van der Waals surface area contributed by atoms with Gasteiger partial charge < -0.3 is 5.73 Å². The standard InChI is InChI=1S/C17H16N4O/c1-10-7-12(11-4-5-11)8-14-15(10)16(18)20-17(22)21(14)13-3-2-6-19-9-13/h2-3,6-9,11H,4-5H2,1H3,(H2,18,20,22). The molecule has 0 bridgehead atoms. The monoisotopic (exact) mass is 292 g/mol. The molecule has 1 aromatic carbocycles. The Kier molecular flexibility index (Phi) is 2.76. The molecule has 1 aliphatic carbocycles. The first-order valence-corrected chi connectivity index (χ1v) is 7.38. The summed E-state index contributed by atoms with van der Waals surface area (Å²) in [5, 5.41) is 0.841. The van der Waals surface area contributed by atoms with E-state index in [1.807, 2.05) is 19.1 Å². The number of rotatable bonds is 2. The Bertz CT molecular complexity index is 927. The van der Waals surface area contributed by atoms with Gasteiger partial charge in [0.2, 0.25) is 0 Å². The summed E-state index contributed by atoms with van der Waals surface area (Å²) < 4.78 is 1.59. The highest BCUT2D eigenvalue weighted by Crippen LogP contribution is 2.42. The van der Waals surface area contributed by atoms with Crippen LogP contribution in [0.15, 0.2) is 41.5 Å². The molecule has 0 aliphatic heterocycles. The number of fused-ring (bicyclic) bond motifs is 1. The summed E-state index contributed by atoms with van der Waals surface area (Å²) in [6.45, 7) is 2.02. The smallest absolute Gasteiger partial charge is 0.354 e. The van der Waals surface area contributed by atoms with E-state index in [9.17, 15) is 4.79 Å². The van der Waals surface area contributed by atoms with Crippen molar-refractivity contribution in [2.75, 3.05) is 5.73 Å². The van der Waals surface area contributed by atoms with Gasteiger partial charge in [0.15, 0.2) is 0 Å². The topological polar surface area (TPSA) is 73.8 Å². The molecule has 0 atom stereocenters. The highest BCUT2D eigenvalue weighted by molar-refractivity contribution is 5.92. The number of pyridine rings is 1. The van der Waals surface area contributed by atoms with Gasteiger partial charge in [0.1, 0.15) is 5.82 Å². The molecule has 1 fully saturated rings. The molecule has 110 valence electrons. The summed E-state index contributed by atoms with van der Waals surface area (Å²) in [6.07, 6.45) is 5.77. The highest BCUT2D eigenvalue weighted by Gasteiger charge is 2.25. The predicted octanol–water partition coefficient (Wildman–Crippen LogP) is 2.55. The zero-order chi connectivity index (χ0) is 15.3. The molecule has 2 N–H and O–H groups in total. The largest absolute Gasteiger partial charge is 0.383 e. The van der Waals surface area contributed by atoms with Crippen molar-refractivity contribution in [3.8, 4) is 5.69 Å². The Hall–Kier alpha value is -2.69. The van der Waals surface area contributed by atoms with Crippen LogP contribution in [0.3, 0.4) is 0 Å². The minimum Gasteiger partial charge on any atom is -0.383 e. The van der Waals surface area contributed by atoms with Crippen molar-refractivity contribution >= 4 is 16.7 Å². The van der Waals surface area contributed by atoms with Gasteiger partial charge in [-0.3, -0.25) is 9.55 Å². The molecule has 22 heavy (non-hydrogen) atoms. The van der Waals surface area contributed by atoms with Crippen molar-refractivity contribution in [3.05, 3.63) is 58.3 Å². The molecule has 1 aliphatic rings. The minimum atomic E-state index is -0.370. The third-order valence-corrected chi connectivity index (χ3v) is 4.19. The second-order valence-corrected chi connectivity index (χ2v) is 5.83. The summed E-state index contributed by atoms with van der Waals surface area (Å²) in [7, 11) is 0. The van der Waals surface area contributed by atoms with Crippen LogP contribution in [0.25, 0.3) is 16.6 Å². The van der Waals surface area contributed by atoms with Crippen LogP contribution in [0.2, 0.25) is 0 Å². The van der Waals surface area contributed by atoms with Gasteiger partial charge in [0.25, 0.3) is 0 Å². The lowest BCUT2D eigenvalue weighted by atomic mass is 10.0. The van der Waals surface area contributed by atoms with E-state index < -0.39 is 0 Å². The van der Waals surface area contributed by atoms with Crippen molar-refractivity contribution in [1.82, 2.24) is 14.5 Å². The molecule has 4 rings (SSSR count). The van der Waals surface area contributed by atoms with Gasteiger partial charge in [-0.2, -0.15) is 4.98 Å². The van der Waals surface area contributed by atoms with Crippen LogP contribution >= 0.6 is 0 Å². The second-order valence-electron chi connectivity index (χ2n) is 5.83. The molecule has 3 aromatic rings. The van der Waals surface area contributed by atoms with E-state index >= 15 is 0 Å². The van der Waals surface area contributed by atoms with Crippen LogP contribution in [0.4, 0.5) is 5.82 Å². The molecule has 0 unspecified atom stereocenters. The quantitative estimate of drug-likeness (QED) is 0.787. The van der Waals surface area contributed by atoms with E-state index in [2.05, 4.69) is 22.1 Å². The average molecular weight is 292 g/mol. The first-order chi connectivity index (χ1) is 10.6. The van der Waals surface area contributed by atoms with E-state index in [-0.39, 0.29) is 5.69 Å². The molecule has 5 heteroatoms. The van der Waals surface area contributed by atoms with Gasteiger partial charge in [0, 0.05) is 11.6 Å². The fourth-order valence-corrected chi connectivity index (χ4v) is 3.01. The van der Waals surface area contributed by atoms with E-state index in [0.29, 0.717) is 17.4 Å². The maximum Gasteiger partial charge on any atom is 0.354 e. The van der Waals surface area contributed by atoms with E-state index in [1.165, 1.54) is 18.4 Å². The number of benzene rings is 1. The van der Waals surface area contributed by atoms with E-state index in [0.717, 1.165) is 16.5 Å². The molecule has 0 amide bonds. The Balaban J connectivity index is 2.13. The van der Waals surface area contributed by atoms with Crippen molar-refractivity contribution in [2.45, 2.75) is 25.7 Å². The lowest BCUT2D eigenvalue weighted by Gasteiger charge is -2.14. The van der Waals surface area contributed by atoms with Gasteiger partial charge in [-0.25, -0.2) is 4.79 Å². The third-order valence-electron chi connectivity index (χ3n) is 4.19. The van der Waals surface area contributed by atoms with Gasteiger partial charge in [0.05, 0.1) is 17.4 Å². The molecule has 0 saturated heterocycles. The Labute approximate surface area is 127 Å². The van der Waals surface area contributed by atoms with Gasteiger partial charge in [-0.1, -0.05) is 6.07 Å². The van der Waals surface area contributed by atoms with Crippen LogP contribution in [0.1, 0.15) is 29.9 Å². The van der Waals surface area contributed by atoms with E-state index in [1.54, 1.807) is 17.0 Å². The average Bonchev–Trinajstić information content (AvgIpc) is 3.32. The van der Waals surface area contributed by atoms with Crippen LogP contribution in [0, 0.1) is 6.92 Å². The van der Waals surface area contributed by atoms with E-state index in [4.69, 9.17) is 5.73 Å². The third kappa shape index (κ3) is 1.97. The summed E-state index contributed by atoms with van der Waals surface area (Å²) in [5.74, 6) is 0.898. The first-order valence-electron chi connectivity index (χ1n) is 7.38. The normalized spacial score (nSPS) is 14.4. The zero-order valence-corrected chi connectivity index (χ0v) is 12.3. The molecule has 2 heterocycles. The molecule has 2 aromatic heterocycles.